The summed E-state index contributed by atoms with van der Waals surface area (Å²) >= 11 is 0. The Bertz CT molecular complexity index is 961. The molecule has 2 aliphatic rings. The van der Waals surface area contributed by atoms with Gasteiger partial charge < -0.3 is 4.90 Å². The number of amides is 1. The van der Waals surface area contributed by atoms with E-state index in [0.717, 1.165) is 51.0 Å². The first-order chi connectivity index (χ1) is 14.8. The first-order valence-corrected chi connectivity index (χ1v) is 10.9. The highest BCUT2D eigenvalue weighted by atomic mass is 16.2. The molecule has 0 N–H and O–H groups in total. The summed E-state index contributed by atoms with van der Waals surface area (Å²) in [5.74, 6) is 0.654. The van der Waals surface area contributed by atoms with Crippen LogP contribution in [0.25, 0.3) is 0 Å². The number of nitrogens with zero attached hydrogens (tertiary/aromatic N) is 5. The topological polar surface area (TPSA) is 63.9 Å². The SMILES string of the molecule is O=C([C@@H]1CCCCn2nnnc21)N1CCCC(c2ccccc2)(c2ccccc2)C1. The highest BCUT2D eigenvalue weighted by Gasteiger charge is 2.42. The lowest BCUT2D eigenvalue weighted by Crippen LogP contribution is -2.50. The number of piperidine rings is 1. The quantitative estimate of drug-likeness (QED) is 0.673. The molecule has 0 aliphatic carbocycles. The van der Waals surface area contributed by atoms with Crippen molar-refractivity contribution in [1.29, 1.82) is 0 Å². The number of carbonyl (C=O) groups is 1. The van der Waals surface area contributed by atoms with E-state index >= 15 is 0 Å². The minimum Gasteiger partial charge on any atom is -0.341 e. The summed E-state index contributed by atoms with van der Waals surface area (Å²) in [6.45, 7) is 2.28. The molecule has 154 valence electrons. The van der Waals surface area contributed by atoms with Gasteiger partial charge in [-0.3, -0.25) is 4.79 Å². The van der Waals surface area contributed by atoms with Crippen LogP contribution in [0.15, 0.2) is 60.7 Å². The highest BCUT2D eigenvalue weighted by molar-refractivity contribution is 5.83. The summed E-state index contributed by atoms with van der Waals surface area (Å²) < 4.78 is 1.82. The molecule has 0 spiro atoms. The second-order valence-corrected chi connectivity index (χ2v) is 8.49. The minimum atomic E-state index is -0.246. The van der Waals surface area contributed by atoms with Gasteiger partial charge in [-0.15, -0.1) is 5.10 Å². The van der Waals surface area contributed by atoms with E-state index in [1.807, 2.05) is 4.68 Å². The van der Waals surface area contributed by atoms with Crippen LogP contribution in [0.4, 0.5) is 0 Å². The van der Waals surface area contributed by atoms with Gasteiger partial charge in [0.05, 0.1) is 5.92 Å². The van der Waals surface area contributed by atoms with Gasteiger partial charge in [-0.25, -0.2) is 4.68 Å². The lowest BCUT2D eigenvalue weighted by atomic mass is 9.69. The van der Waals surface area contributed by atoms with Gasteiger partial charge in [-0.2, -0.15) is 0 Å². The molecule has 3 heterocycles. The third-order valence-corrected chi connectivity index (χ3v) is 6.74. The lowest BCUT2D eigenvalue weighted by molar-refractivity contribution is -0.135. The highest BCUT2D eigenvalue weighted by Crippen LogP contribution is 2.41. The average Bonchev–Trinajstić information content (AvgIpc) is 3.19. The van der Waals surface area contributed by atoms with Crippen LogP contribution >= 0.6 is 0 Å². The van der Waals surface area contributed by atoms with E-state index < -0.39 is 0 Å². The summed E-state index contributed by atoms with van der Waals surface area (Å²) in [5.41, 5.74) is 2.37. The predicted molar refractivity (Wildman–Crippen MR) is 114 cm³/mol. The Hall–Kier alpha value is -3.02. The molecule has 6 heteroatoms. The fourth-order valence-electron chi connectivity index (χ4n) is 5.21. The zero-order chi connectivity index (χ0) is 20.4. The van der Waals surface area contributed by atoms with Crippen LogP contribution in [0.1, 0.15) is 55.0 Å². The lowest BCUT2D eigenvalue weighted by Gasteiger charge is -2.44. The molecule has 0 radical (unpaired) electrons. The van der Waals surface area contributed by atoms with Crippen molar-refractivity contribution in [2.45, 2.75) is 50.0 Å². The summed E-state index contributed by atoms with van der Waals surface area (Å²) in [5, 5.41) is 12.2. The first-order valence-electron chi connectivity index (χ1n) is 10.9. The van der Waals surface area contributed by atoms with Gasteiger partial charge in [0.15, 0.2) is 5.82 Å². The minimum absolute atomic E-state index is 0.170. The normalized spacial score (nSPS) is 20.9. The maximum atomic E-state index is 13.7. The largest absolute Gasteiger partial charge is 0.341 e. The molecular formula is C24H27N5O. The third kappa shape index (κ3) is 3.30. The Morgan fingerprint density at radius 2 is 1.60 bits per heavy atom. The Morgan fingerprint density at radius 1 is 0.900 bits per heavy atom. The van der Waals surface area contributed by atoms with Crippen molar-refractivity contribution in [1.82, 2.24) is 25.1 Å². The summed E-state index contributed by atoms with van der Waals surface area (Å²) in [4.78, 5) is 15.8. The van der Waals surface area contributed by atoms with Crippen molar-refractivity contribution in [3.8, 4) is 0 Å². The Morgan fingerprint density at radius 3 is 2.30 bits per heavy atom. The number of hydrogen-bond donors (Lipinski definition) is 0. The number of rotatable bonds is 3. The van der Waals surface area contributed by atoms with Crippen LogP contribution < -0.4 is 0 Å². The summed E-state index contributed by atoms with van der Waals surface area (Å²) in [7, 11) is 0. The number of benzene rings is 2. The summed E-state index contributed by atoms with van der Waals surface area (Å²) in [6, 6.07) is 21.3. The zero-order valence-electron chi connectivity index (χ0n) is 17.2. The Kier molecular flexibility index (Phi) is 5.07. The van der Waals surface area contributed by atoms with Crippen molar-refractivity contribution >= 4 is 5.91 Å². The van der Waals surface area contributed by atoms with E-state index in [9.17, 15) is 4.79 Å². The molecule has 2 aliphatic heterocycles. The molecule has 30 heavy (non-hydrogen) atoms. The predicted octanol–water partition coefficient (Wildman–Crippen LogP) is 3.55. The van der Waals surface area contributed by atoms with Crippen LogP contribution in [-0.2, 0) is 16.8 Å². The second kappa shape index (κ2) is 8.01. The fraction of sp³-hybridized carbons (Fsp3) is 0.417. The van der Waals surface area contributed by atoms with Gasteiger partial charge >= 0.3 is 0 Å². The maximum Gasteiger partial charge on any atom is 0.233 e. The van der Waals surface area contributed by atoms with Gasteiger partial charge in [-0.05, 0) is 47.2 Å². The Labute approximate surface area is 176 Å². The van der Waals surface area contributed by atoms with Gasteiger partial charge in [0.25, 0.3) is 0 Å². The molecule has 3 aromatic rings. The third-order valence-electron chi connectivity index (χ3n) is 6.74. The number of likely N-dealkylation sites (tertiary alicyclic amines) is 1. The number of aryl methyl sites for hydroxylation is 1. The van der Waals surface area contributed by atoms with E-state index in [2.05, 4.69) is 81.1 Å². The van der Waals surface area contributed by atoms with Crippen molar-refractivity contribution < 1.29 is 4.79 Å². The molecular weight excluding hydrogens is 374 g/mol. The van der Waals surface area contributed by atoms with E-state index in [0.29, 0.717) is 6.54 Å². The number of hydrogen-bond acceptors (Lipinski definition) is 4. The van der Waals surface area contributed by atoms with Gasteiger partial charge in [0, 0.05) is 25.0 Å². The maximum absolute atomic E-state index is 13.7. The van der Waals surface area contributed by atoms with Crippen LogP contribution in [-0.4, -0.2) is 44.1 Å². The number of fused-ring (bicyclic) bond motifs is 1. The molecule has 1 aromatic heterocycles. The molecule has 0 saturated carbocycles. The standard InChI is InChI=1S/C24H27N5O/c30-23(21-14-7-8-17-29-22(21)25-26-27-29)28-16-9-15-24(18-28,19-10-3-1-4-11-19)20-12-5-2-6-13-20/h1-6,10-13,21H,7-9,14-18H2/t21-/m1/s1. The monoisotopic (exact) mass is 401 g/mol. The average molecular weight is 402 g/mol. The molecule has 1 atom stereocenters. The number of carbonyl (C=O) groups excluding carboxylic acids is 1. The molecule has 6 nitrogen and oxygen atoms in total. The number of tetrazole rings is 1. The fourth-order valence-corrected chi connectivity index (χ4v) is 5.21. The zero-order valence-corrected chi connectivity index (χ0v) is 17.2. The van der Waals surface area contributed by atoms with Crippen LogP contribution in [0.3, 0.4) is 0 Å². The summed E-state index contributed by atoms with van der Waals surface area (Å²) in [6.07, 6.45) is 4.86. The second-order valence-electron chi connectivity index (χ2n) is 8.49. The molecule has 0 unspecified atom stereocenters. The smallest absolute Gasteiger partial charge is 0.233 e. The molecule has 1 fully saturated rings. The molecule has 0 bridgehead atoms. The molecule has 1 saturated heterocycles. The van der Waals surface area contributed by atoms with Crippen molar-refractivity contribution in [3.63, 3.8) is 0 Å². The van der Waals surface area contributed by atoms with Gasteiger partial charge in [0.1, 0.15) is 0 Å². The number of aromatic nitrogens is 4. The van der Waals surface area contributed by atoms with Crippen molar-refractivity contribution in [3.05, 3.63) is 77.6 Å². The van der Waals surface area contributed by atoms with Crippen LogP contribution in [0, 0.1) is 0 Å². The Balaban J connectivity index is 1.50. The van der Waals surface area contributed by atoms with Crippen molar-refractivity contribution in [2.75, 3.05) is 13.1 Å². The van der Waals surface area contributed by atoms with Crippen LogP contribution in [0.5, 0.6) is 0 Å². The van der Waals surface area contributed by atoms with E-state index in [-0.39, 0.29) is 17.2 Å². The van der Waals surface area contributed by atoms with E-state index in [4.69, 9.17) is 0 Å². The van der Waals surface area contributed by atoms with Crippen LogP contribution in [0.2, 0.25) is 0 Å². The van der Waals surface area contributed by atoms with Gasteiger partial charge in [0.2, 0.25) is 5.91 Å². The van der Waals surface area contributed by atoms with Crippen molar-refractivity contribution in [2.24, 2.45) is 0 Å². The molecule has 5 rings (SSSR count). The van der Waals surface area contributed by atoms with E-state index in [1.165, 1.54) is 11.1 Å². The molecule has 1 amide bonds. The van der Waals surface area contributed by atoms with E-state index in [1.54, 1.807) is 0 Å². The molecule has 2 aromatic carbocycles. The van der Waals surface area contributed by atoms with Gasteiger partial charge in [-0.1, -0.05) is 67.1 Å². The first kappa shape index (κ1) is 19.0.